The highest BCUT2D eigenvalue weighted by Crippen LogP contribution is 1.99. The zero-order chi connectivity index (χ0) is 12.8. The summed E-state index contributed by atoms with van der Waals surface area (Å²) in [4.78, 5) is 23.1. The Morgan fingerprint density at radius 1 is 1.29 bits per heavy atom. The summed E-state index contributed by atoms with van der Waals surface area (Å²) in [5.74, 6) is 1.35. The van der Waals surface area contributed by atoms with Crippen LogP contribution in [-0.4, -0.2) is 32.9 Å². The van der Waals surface area contributed by atoms with E-state index in [4.69, 9.17) is 0 Å². The molecule has 1 heterocycles. The topological polar surface area (TPSA) is 68.9 Å². The van der Waals surface area contributed by atoms with E-state index in [0.29, 0.717) is 6.54 Å². The van der Waals surface area contributed by atoms with Crippen molar-refractivity contribution in [3.8, 4) is 0 Å². The van der Waals surface area contributed by atoms with Gasteiger partial charge in [-0.05, 0) is 24.9 Å². The molecule has 0 atom stereocenters. The van der Waals surface area contributed by atoms with E-state index in [9.17, 15) is 9.59 Å². The van der Waals surface area contributed by atoms with Crippen molar-refractivity contribution in [2.75, 3.05) is 23.9 Å². The molecule has 7 heteroatoms. The fourth-order valence-electron chi connectivity index (χ4n) is 1.39. The van der Waals surface area contributed by atoms with Crippen LogP contribution in [0.5, 0.6) is 0 Å². The van der Waals surface area contributed by atoms with Gasteiger partial charge in [-0.2, -0.15) is 11.8 Å². The molecule has 6 nitrogen and oxygen atoms in total. The predicted molar refractivity (Wildman–Crippen MR) is 70.8 cm³/mol. The standard InChI is InChI=1S/C10H18N4O2S/c1-13-9(15)8(12-14(2)10(13)16)11-6-4-5-7-17-3/h4-7H2,1-3H3,(H,11,12). The molecule has 1 aromatic heterocycles. The van der Waals surface area contributed by atoms with E-state index >= 15 is 0 Å². The molecule has 0 amide bonds. The van der Waals surface area contributed by atoms with Crippen LogP contribution in [-0.2, 0) is 14.1 Å². The van der Waals surface area contributed by atoms with Crippen molar-refractivity contribution in [3.63, 3.8) is 0 Å². The van der Waals surface area contributed by atoms with Crippen LogP contribution in [0.25, 0.3) is 0 Å². The Bertz CT molecular complexity index is 480. The molecule has 17 heavy (non-hydrogen) atoms. The fraction of sp³-hybridized carbons (Fsp3) is 0.700. The molecule has 0 unspecified atom stereocenters. The minimum absolute atomic E-state index is 0.235. The van der Waals surface area contributed by atoms with Crippen molar-refractivity contribution >= 4 is 17.6 Å². The molecule has 0 spiro atoms. The van der Waals surface area contributed by atoms with Crippen LogP contribution < -0.4 is 16.6 Å². The summed E-state index contributed by atoms with van der Waals surface area (Å²) in [6, 6.07) is 0. The van der Waals surface area contributed by atoms with Crippen LogP contribution in [0, 0.1) is 0 Å². The first kappa shape index (κ1) is 13.8. The van der Waals surface area contributed by atoms with Gasteiger partial charge in [-0.1, -0.05) is 0 Å². The van der Waals surface area contributed by atoms with Gasteiger partial charge in [0.1, 0.15) is 0 Å². The molecule has 0 aromatic carbocycles. The molecule has 96 valence electrons. The summed E-state index contributed by atoms with van der Waals surface area (Å²) >= 11 is 1.80. The number of anilines is 1. The van der Waals surface area contributed by atoms with Gasteiger partial charge < -0.3 is 5.32 Å². The Labute approximate surface area is 104 Å². The second-order valence-electron chi connectivity index (χ2n) is 3.75. The van der Waals surface area contributed by atoms with Crippen molar-refractivity contribution < 1.29 is 0 Å². The third-order valence-electron chi connectivity index (χ3n) is 2.39. The highest BCUT2D eigenvalue weighted by atomic mass is 32.2. The summed E-state index contributed by atoms with van der Waals surface area (Å²) in [6.45, 7) is 0.695. The van der Waals surface area contributed by atoms with Gasteiger partial charge in [0.15, 0.2) is 0 Å². The first-order valence-corrected chi connectivity index (χ1v) is 6.84. The highest BCUT2D eigenvalue weighted by molar-refractivity contribution is 7.98. The lowest BCUT2D eigenvalue weighted by atomic mass is 10.3. The van der Waals surface area contributed by atoms with Gasteiger partial charge in [-0.3, -0.25) is 9.36 Å². The molecule has 0 bridgehead atoms. The van der Waals surface area contributed by atoms with Crippen LogP contribution in [0.1, 0.15) is 12.8 Å². The van der Waals surface area contributed by atoms with Crippen LogP contribution in [0.2, 0.25) is 0 Å². The van der Waals surface area contributed by atoms with Gasteiger partial charge in [0.05, 0.1) is 0 Å². The van der Waals surface area contributed by atoms with Gasteiger partial charge in [-0.15, -0.1) is 5.10 Å². The minimum Gasteiger partial charge on any atom is -0.364 e. The molecular weight excluding hydrogens is 240 g/mol. The van der Waals surface area contributed by atoms with Crippen molar-refractivity contribution in [2.45, 2.75) is 12.8 Å². The summed E-state index contributed by atoms with van der Waals surface area (Å²) in [7, 11) is 2.98. The lowest BCUT2D eigenvalue weighted by molar-refractivity contribution is 0.603. The van der Waals surface area contributed by atoms with Crippen LogP contribution in [0.4, 0.5) is 5.82 Å². The number of rotatable bonds is 6. The van der Waals surface area contributed by atoms with Crippen molar-refractivity contribution in [1.82, 2.24) is 14.3 Å². The molecule has 1 aromatic rings. The van der Waals surface area contributed by atoms with Crippen LogP contribution in [0.15, 0.2) is 9.59 Å². The zero-order valence-electron chi connectivity index (χ0n) is 10.4. The second kappa shape index (κ2) is 6.48. The van der Waals surface area contributed by atoms with E-state index in [-0.39, 0.29) is 11.4 Å². The first-order valence-electron chi connectivity index (χ1n) is 5.45. The number of hydrogen-bond donors (Lipinski definition) is 1. The largest absolute Gasteiger partial charge is 0.364 e. The van der Waals surface area contributed by atoms with Gasteiger partial charge in [0.2, 0.25) is 5.82 Å². The quantitative estimate of drug-likeness (QED) is 0.729. The molecule has 0 aliphatic carbocycles. The number of unbranched alkanes of at least 4 members (excludes halogenated alkanes) is 1. The molecular formula is C10H18N4O2S. The highest BCUT2D eigenvalue weighted by Gasteiger charge is 2.07. The van der Waals surface area contributed by atoms with E-state index < -0.39 is 5.69 Å². The van der Waals surface area contributed by atoms with Crippen molar-refractivity contribution in [1.29, 1.82) is 0 Å². The van der Waals surface area contributed by atoms with E-state index in [1.165, 1.54) is 14.1 Å². The monoisotopic (exact) mass is 258 g/mol. The second-order valence-corrected chi connectivity index (χ2v) is 4.73. The van der Waals surface area contributed by atoms with E-state index in [2.05, 4.69) is 16.7 Å². The Hall–Kier alpha value is -1.24. The maximum atomic E-state index is 11.7. The Morgan fingerprint density at radius 2 is 2.00 bits per heavy atom. The van der Waals surface area contributed by atoms with Crippen LogP contribution in [0.3, 0.4) is 0 Å². The molecule has 0 saturated heterocycles. The smallest absolute Gasteiger partial charge is 0.346 e. The number of aryl methyl sites for hydroxylation is 1. The average Bonchev–Trinajstić information content (AvgIpc) is 2.32. The lowest BCUT2D eigenvalue weighted by Crippen LogP contribution is -2.40. The number of thioether (sulfide) groups is 1. The van der Waals surface area contributed by atoms with E-state index in [0.717, 1.165) is 27.8 Å². The number of nitrogens with zero attached hydrogens (tertiary/aromatic N) is 3. The number of nitrogens with one attached hydrogen (secondary N) is 1. The first-order chi connectivity index (χ1) is 8.07. The van der Waals surface area contributed by atoms with Gasteiger partial charge in [-0.25, -0.2) is 9.48 Å². The molecule has 0 radical (unpaired) electrons. The van der Waals surface area contributed by atoms with Gasteiger partial charge in [0, 0.05) is 20.6 Å². The summed E-state index contributed by atoms with van der Waals surface area (Å²) in [6.07, 6.45) is 4.15. The van der Waals surface area contributed by atoms with E-state index in [1.807, 2.05) is 0 Å². The average molecular weight is 258 g/mol. The van der Waals surface area contributed by atoms with Crippen LogP contribution >= 0.6 is 11.8 Å². The Balaban J connectivity index is 2.66. The predicted octanol–water partition coefficient (Wildman–Crippen LogP) is 0.0341. The molecule has 0 aliphatic heterocycles. The Kier molecular flexibility index (Phi) is 5.27. The molecule has 1 rings (SSSR count). The molecule has 0 saturated carbocycles. The van der Waals surface area contributed by atoms with Crippen molar-refractivity contribution in [3.05, 3.63) is 20.8 Å². The normalized spacial score (nSPS) is 10.5. The van der Waals surface area contributed by atoms with Crippen molar-refractivity contribution in [2.24, 2.45) is 14.1 Å². The van der Waals surface area contributed by atoms with Gasteiger partial charge in [0.25, 0.3) is 5.56 Å². The minimum atomic E-state index is -0.414. The lowest BCUT2D eigenvalue weighted by Gasteiger charge is -2.07. The van der Waals surface area contributed by atoms with E-state index in [1.54, 1.807) is 11.8 Å². The Morgan fingerprint density at radius 3 is 2.65 bits per heavy atom. The van der Waals surface area contributed by atoms with Gasteiger partial charge >= 0.3 is 5.69 Å². The third-order valence-corrected chi connectivity index (χ3v) is 3.09. The fourth-order valence-corrected chi connectivity index (χ4v) is 1.88. The number of aromatic nitrogens is 3. The molecule has 0 aliphatic rings. The maximum Gasteiger partial charge on any atom is 0.346 e. The number of hydrogen-bond acceptors (Lipinski definition) is 5. The summed E-state index contributed by atoms with van der Waals surface area (Å²) in [5, 5.41) is 6.87. The maximum absolute atomic E-state index is 11.7. The molecule has 0 fully saturated rings. The SMILES string of the molecule is CSCCCCNc1nn(C)c(=O)n(C)c1=O. The zero-order valence-corrected chi connectivity index (χ0v) is 11.2. The third kappa shape index (κ3) is 3.62. The summed E-state index contributed by atoms with van der Waals surface area (Å²) in [5.41, 5.74) is -0.791. The summed E-state index contributed by atoms with van der Waals surface area (Å²) < 4.78 is 2.21. The molecule has 1 N–H and O–H groups in total.